The first-order valence-corrected chi connectivity index (χ1v) is 5.85. The maximum Gasteiger partial charge on any atom is 0.0930 e. The molecule has 1 unspecified atom stereocenters. The average Bonchev–Trinajstić information content (AvgIpc) is 2.53. The molecule has 0 fully saturated rings. The highest BCUT2D eigenvalue weighted by Crippen LogP contribution is 2.34. The molecule has 0 radical (unpaired) electrons. The fourth-order valence-electron chi connectivity index (χ4n) is 2.65. The number of fused-ring (bicyclic) bond motifs is 1. The van der Waals surface area contributed by atoms with Gasteiger partial charge in [0.15, 0.2) is 0 Å². The van der Waals surface area contributed by atoms with E-state index in [0.717, 1.165) is 12.0 Å². The number of nitrogens with two attached hydrogens (primary N) is 1. The SMILES string of the molecule is CC(C)N1c2cc(CON)ccc2CC1C. The fourth-order valence-corrected chi connectivity index (χ4v) is 2.65. The third kappa shape index (κ3) is 1.93. The van der Waals surface area contributed by atoms with Crippen LogP contribution in [0.25, 0.3) is 0 Å². The molecule has 88 valence electrons. The summed E-state index contributed by atoms with van der Waals surface area (Å²) >= 11 is 0. The second kappa shape index (κ2) is 4.44. The third-order valence-corrected chi connectivity index (χ3v) is 3.22. The largest absolute Gasteiger partial charge is 0.366 e. The highest BCUT2D eigenvalue weighted by Gasteiger charge is 2.27. The summed E-state index contributed by atoms with van der Waals surface area (Å²) in [6, 6.07) is 7.62. The lowest BCUT2D eigenvalue weighted by molar-refractivity contribution is 0.124. The molecule has 0 saturated heterocycles. The molecule has 0 saturated carbocycles. The lowest BCUT2D eigenvalue weighted by atomic mass is 10.1. The van der Waals surface area contributed by atoms with E-state index in [4.69, 9.17) is 10.7 Å². The van der Waals surface area contributed by atoms with E-state index in [1.807, 2.05) is 0 Å². The minimum atomic E-state index is 0.480. The molecule has 16 heavy (non-hydrogen) atoms. The predicted octanol–water partition coefficient (Wildman–Crippen LogP) is 2.24. The molecule has 3 nitrogen and oxygen atoms in total. The van der Waals surface area contributed by atoms with Crippen molar-refractivity contribution >= 4 is 5.69 Å². The summed E-state index contributed by atoms with van der Waals surface area (Å²) in [7, 11) is 0. The van der Waals surface area contributed by atoms with E-state index in [-0.39, 0.29) is 0 Å². The van der Waals surface area contributed by atoms with Gasteiger partial charge in [0.1, 0.15) is 0 Å². The van der Waals surface area contributed by atoms with Crippen LogP contribution in [0.2, 0.25) is 0 Å². The van der Waals surface area contributed by atoms with Crippen molar-refractivity contribution in [3.8, 4) is 0 Å². The van der Waals surface area contributed by atoms with E-state index < -0.39 is 0 Å². The molecule has 0 aromatic heterocycles. The van der Waals surface area contributed by atoms with Crippen LogP contribution < -0.4 is 10.8 Å². The minimum absolute atomic E-state index is 0.480. The fraction of sp³-hybridized carbons (Fsp3) is 0.538. The number of hydrogen-bond acceptors (Lipinski definition) is 3. The Morgan fingerprint density at radius 1 is 1.50 bits per heavy atom. The zero-order valence-electron chi connectivity index (χ0n) is 10.2. The summed E-state index contributed by atoms with van der Waals surface area (Å²) in [5.41, 5.74) is 3.92. The normalized spacial score (nSPS) is 19.3. The van der Waals surface area contributed by atoms with Gasteiger partial charge in [-0.25, -0.2) is 5.90 Å². The predicted molar refractivity (Wildman–Crippen MR) is 66.2 cm³/mol. The Kier molecular flexibility index (Phi) is 3.17. The van der Waals surface area contributed by atoms with Crippen molar-refractivity contribution in [2.24, 2.45) is 5.90 Å². The van der Waals surface area contributed by atoms with Crippen molar-refractivity contribution < 1.29 is 4.84 Å². The van der Waals surface area contributed by atoms with Crippen molar-refractivity contribution in [1.82, 2.24) is 0 Å². The molecular formula is C13H20N2O. The van der Waals surface area contributed by atoms with Gasteiger partial charge in [0.2, 0.25) is 0 Å². The molecule has 1 aromatic rings. The van der Waals surface area contributed by atoms with Gasteiger partial charge in [-0.2, -0.15) is 0 Å². The van der Waals surface area contributed by atoms with Crippen molar-refractivity contribution in [3.05, 3.63) is 29.3 Å². The molecule has 2 N–H and O–H groups in total. The van der Waals surface area contributed by atoms with E-state index in [9.17, 15) is 0 Å². The van der Waals surface area contributed by atoms with E-state index in [1.165, 1.54) is 11.3 Å². The van der Waals surface area contributed by atoms with E-state index in [2.05, 4.69) is 43.9 Å². The van der Waals surface area contributed by atoms with Gasteiger partial charge in [0.05, 0.1) is 6.61 Å². The van der Waals surface area contributed by atoms with E-state index >= 15 is 0 Å². The molecule has 1 aliphatic rings. The van der Waals surface area contributed by atoms with Gasteiger partial charge in [-0.15, -0.1) is 0 Å². The second-order valence-electron chi connectivity index (χ2n) is 4.83. The van der Waals surface area contributed by atoms with E-state index in [0.29, 0.717) is 18.7 Å². The molecule has 1 aliphatic heterocycles. The van der Waals surface area contributed by atoms with Gasteiger partial charge < -0.3 is 4.90 Å². The zero-order valence-corrected chi connectivity index (χ0v) is 10.2. The summed E-state index contributed by atoms with van der Waals surface area (Å²) in [5.74, 6) is 5.11. The van der Waals surface area contributed by atoms with Crippen LogP contribution in [-0.2, 0) is 17.9 Å². The highest BCUT2D eigenvalue weighted by atomic mass is 16.6. The number of nitrogens with zero attached hydrogens (tertiary/aromatic N) is 1. The number of hydrogen-bond donors (Lipinski definition) is 1. The van der Waals surface area contributed by atoms with Crippen LogP contribution in [0.4, 0.5) is 5.69 Å². The Bertz CT molecular complexity index is 376. The van der Waals surface area contributed by atoms with Crippen LogP contribution in [0.3, 0.4) is 0 Å². The van der Waals surface area contributed by atoms with Gasteiger partial charge in [-0.3, -0.25) is 4.84 Å². The summed E-state index contributed by atoms with van der Waals surface area (Å²) in [6.45, 7) is 7.22. The Morgan fingerprint density at radius 2 is 2.25 bits per heavy atom. The first-order valence-electron chi connectivity index (χ1n) is 5.85. The Balaban J connectivity index is 2.34. The van der Waals surface area contributed by atoms with Crippen LogP contribution in [0.5, 0.6) is 0 Å². The smallest absolute Gasteiger partial charge is 0.0930 e. The summed E-state index contributed by atoms with van der Waals surface area (Å²) in [4.78, 5) is 7.16. The quantitative estimate of drug-likeness (QED) is 0.794. The molecule has 3 heteroatoms. The van der Waals surface area contributed by atoms with Gasteiger partial charge in [-0.1, -0.05) is 12.1 Å². The first kappa shape index (κ1) is 11.4. The van der Waals surface area contributed by atoms with Crippen molar-refractivity contribution in [2.75, 3.05) is 4.90 Å². The summed E-state index contributed by atoms with van der Waals surface area (Å²) < 4.78 is 0. The average molecular weight is 220 g/mol. The minimum Gasteiger partial charge on any atom is -0.366 e. The topological polar surface area (TPSA) is 38.5 Å². The monoisotopic (exact) mass is 220 g/mol. The van der Waals surface area contributed by atoms with Crippen LogP contribution in [-0.4, -0.2) is 12.1 Å². The van der Waals surface area contributed by atoms with Gasteiger partial charge >= 0.3 is 0 Å². The van der Waals surface area contributed by atoms with Crippen LogP contribution in [0.1, 0.15) is 31.9 Å². The van der Waals surface area contributed by atoms with Crippen molar-refractivity contribution in [1.29, 1.82) is 0 Å². The number of rotatable bonds is 3. The molecule has 0 aliphatic carbocycles. The molecular weight excluding hydrogens is 200 g/mol. The van der Waals surface area contributed by atoms with Crippen LogP contribution in [0.15, 0.2) is 18.2 Å². The summed E-state index contributed by atoms with van der Waals surface area (Å²) in [6.07, 6.45) is 1.14. The molecule has 1 aromatic carbocycles. The Labute approximate surface area is 97.1 Å². The van der Waals surface area contributed by atoms with Gasteiger partial charge in [0, 0.05) is 17.8 Å². The molecule has 1 atom stereocenters. The lowest BCUT2D eigenvalue weighted by Crippen LogP contribution is -2.35. The Morgan fingerprint density at radius 3 is 2.88 bits per heavy atom. The molecule has 1 heterocycles. The lowest BCUT2D eigenvalue weighted by Gasteiger charge is -2.29. The first-order chi connectivity index (χ1) is 7.63. The maximum atomic E-state index is 5.11. The molecule has 2 rings (SSSR count). The van der Waals surface area contributed by atoms with Gasteiger partial charge in [-0.05, 0) is 44.4 Å². The number of anilines is 1. The standard InChI is InChI=1S/C13H20N2O/c1-9(2)15-10(3)6-12-5-4-11(8-16-14)7-13(12)15/h4-5,7,9-10H,6,8,14H2,1-3H3. The zero-order chi connectivity index (χ0) is 11.7. The molecule has 0 spiro atoms. The summed E-state index contributed by atoms with van der Waals surface area (Å²) in [5, 5.41) is 0. The maximum absolute atomic E-state index is 5.11. The van der Waals surface area contributed by atoms with Crippen LogP contribution >= 0.6 is 0 Å². The number of benzene rings is 1. The Hall–Kier alpha value is -1.06. The van der Waals surface area contributed by atoms with Crippen LogP contribution in [0, 0.1) is 0 Å². The molecule has 0 bridgehead atoms. The third-order valence-electron chi connectivity index (χ3n) is 3.22. The van der Waals surface area contributed by atoms with E-state index in [1.54, 1.807) is 0 Å². The highest BCUT2D eigenvalue weighted by molar-refractivity contribution is 5.61. The molecule has 0 amide bonds. The van der Waals surface area contributed by atoms with Crippen molar-refractivity contribution in [3.63, 3.8) is 0 Å². The second-order valence-corrected chi connectivity index (χ2v) is 4.83. The van der Waals surface area contributed by atoms with Crippen molar-refractivity contribution in [2.45, 2.75) is 45.9 Å². The van der Waals surface area contributed by atoms with Gasteiger partial charge in [0.25, 0.3) is 0 Å².